The van der Waals surface area contributed by atoms with Crippen LogP contribution in [-0.2, 0) is 0 Å². The molecular weight excluding hydrogens is 204 g/mol. The molecule has 0 fully saturated rings. The number of nitrogens with two attached hydrogens (primary N) is 1. The summed E-state index contributed by atoms with van der Waals surface area (Å²) in [6.07, 6.45) is 0. The molecule has 0 amide bonds. The molecule has 0 bridgehead atoms. The lowest BCUT2D eigenvalue weighted by Crippen LogP contribution is -2.06. The topological polar surface area (TPSA) is 38.0 Å². The molecule has 1 unspecified atom stereocenters. The van der Waals surface area contributed by atoms with E-state index >= 15 is 0 Å². The van der Waals surface area contributed by atoms with E-state index in [9.17, 15) is 0 Å². The maximum absolute atomic E-state index is 5.86. The Balaban J connectivity index is 2.13. The molecule has 0 saturated heterocycles. The third kappa shape index (κ3) is 2.30. The van der Waals surface area contributed by atoms with E-state index in [1.54, 1.807) is 11.3 Å². The van der Waals surface area contributed by atoms with Gasteiger partial charge in [0, 0.05) is 4.88 Å². The summed E-state index contributed by atoms with van der Waals surface area (Å²) in [5.74, 6) is 0. The van der Waals surface area contributed by atoms with Gasteiger partial charge in [-0.3, -0.25) is 0 Å². The number of hydrogen-bond acceptors (Lipinski definition) is 3. The Kier molecular flexibility index (Phi) is 2.92. The summed E-state index contributed by atoms with van der Waals surface area (Å²) >= 11 is 1.75. The molecule has 1 heterocycles. The van der Waals surface area contributed by atoms with Gasteiger partial charge < -0.3 is 11.1 Å². The van der Waals surface area contributed by atoms with Crippen molar-refractivity contribution in [2.75, 3.05) is 11.1 Å². The Morgan fingerprint density at radius 2 is 2.00 bits per heavy atom. The number of rotatable bonds is 3. The van der Waals surface area contributed by atoms with Gasteiger partial charge in [-0.1, -0.05) is 18.2 Å². The van der Waals surface area contributed by atoms with Crippen molar-refractivity contribution in [3.8, 4) is 0 Å². The second-order valence-corrected chi connectivity index (χ2v) is 4.45. The van der Waals surface area contributed by atoms with Crippen molar-refractivity contribution < 1.29 is 0 Å². The molecule has 0 saturated carbocycles. The number of thiophene rings is 1. The van der Waals surface area contributed by atoms with Crippen LogP contribution in [0.1, 0.15) is 17.8 Å². The SMILES string of the molecule is CC(Nc1ccccc1N)c1cccs1. The molecule has 15 heavy (non-hydrogen) atoms. The summed E-state index contributed by atoms with van der Waals surface area (Å²) in [7, 11) is 0. The Bertz CT molecular complexity index is 423. The third-order valence-electron chi connectivity index (χ3n) is 2.30. The van der Waals surface area contributed by atoms with Gasteiger partial charge in [0.25, 0.3) is 0 Å². The first-order chi connectivity index (χ1) is 7.27. The molecule has 3 heteroatoms. The minimum atomic E-state index is 0.301. The summed E-state index contributed by atoms with van der Waals surface area (Å²) in [6, 6.07) is 12.3. The second kappa shape index (κ2) is 4.36. The van der Waals surface area contributed by atoms with Crippen LogP contribution in [0, 0.1) is 0 Å². The molecule has 78 valence electrons. The van der Waals surface area contributed by atoms with Gasteiger partial charge in [0.15, 0.2) is 0 Å². The fourth-order valence-corrected chi connectivity index (χ4v) is 2.20. The zero-order chi connectivity index (χ0) is 10.7. The normalized spacial score (nSPS) is 12.3. The highest BCUT2D eigenvalue weighted by molar-refractivity contribution is 7.10. The smallest absolute Gasteiger partial charge is 0.0579 e. The molecule has 0 spiro atoms. The standard InChI is InChI=1S/C12H14N2S/c1-9(12-7-4-8-15-12)14-11-6-3-2-5-10(11)13/h2-9,14H,13H2,1H3. The van der Waals surface area contributed by atoms with E-state index in [0.29, 0.717) is 6.04 Å². The van der Waals surface area contributed by atoms with Gasteiger partial charge in [-0.25, -0.2) is 0 Å². The van der Waals surface area contributed by atoms with Crippen LogP contribution in [-0.4, -0.2) is 0 Å². The lowest BCUT2D eigenvalue weighted by Gasteiger charge is -2.15. The highest BCUT2D eigenvalue weighted by Gasteiger charge is 2.06. The molecular formula is C12H14N2S. The highest BCUT2D eigenvalue weighted by atomic mass is 32.1. The van der Waals surface area contributed by atoms with Gasteiger partial charge in [-0.2, -0.15) is 0 Å². The molecule has 0 aliphatic heterocycles. The van der Waals surface area contributed by atoms with Crippen molar-refractivity contribution >= 4 is 22.7 Å². The minimum Gasteiger partial charge on any atom is -0.397 e. The number of anilines is 2. The monoisotopic (exact) mass is 218 g/mol. The molecule has 1 aromatic carbocycles. The van der Waals surface area contributed by atoms with Crippen molar-refractivity contribution in [1.82, 2.24) is 0 Å². The number of hydrogen-bond donors (Lipinski definition) is 2. The van der Waals surface area contributed by atoms with Crippen molar-refractivity contribution in [2.45, 2.75) is 13.0 Å². The predicted molar refractivity (Wildman–Crippen MR) is 67.2 cm³/mol. The Labute approximate surface area is 93.7 Å². The van der Waals surface area contributed by atoms with Gasteiger partial charge in [0.2, 0.25) is 0 Å². The molecule has 2 aromatic rings. The summed E-state index contributed by atoms with van der Waals surface area (Å²) < 4.78 is 0. The lowest BCUT2D eigenvalue weighted by atomic mass is 10.2. The maximum atomic E-state index is 5.86. The zero-order valence-corrected chi connectivity index (χ0v) is 9.42. The number of nitrogen functional groups attached to an aromatic ring is 1. The number of nitrogens with one attached hydrogen (secondary N) is 1. The number of benzene rings is 1. The van der Waals surface area contributed by atoms with E-state index < -0.39 is 0 Å². The van der Waals surface area contributed by atoms with Crippen molar-refractivity contribution in [1.29, 1.82) is 0 Å². The van der Waals surface area contributed by atoms with Gasteiger partial charge >= 0.3 is 0 Å². The molecule has 2 rings (SSSR count). The van der Waals surface area contributed by atoms with Crippen molar-refractivity contribution in [2.24, 2.45) is 0 Å². The van der Waals surface area contributed by atoms with E-state index in [1.807, 2.05) is 24.3 Å². The van der Waals surface area contributed by atoms with Crippen LogP contribution in [0.4, 0.5) is 11.4 Å². The van der Waals surface area contributed by atoms with E-state index in [4.69, 9.17) is 5.73 Å². The first-order valence-electron chi connectivity index (χ1n) is 4.92. The predicted octanol–water partition coefficient (Wildman–Crippen LogP) is 3.50. The Morgan fingerprint density at radius 1 is 1.20 bits per heavy atom. The van der Waals surface area contributed by atoms with Gasteiger partial charge in [-0.15, -0.1) is 11.3 Å². The molecule has 0 radical (unpaired) electrons. The van der Waals surface area contributed by atoms with Crippen molar-refractivity contribution in [3.63, 3.8) is 0 Å². The first kappa shape index (κ1) is 10.1. The van der Waals surface area contributed by atoms with Crippen LogP contribution in [0.25, 0.3) is 0 Å². The minimum absolute atomic E-state index is 0.301. The second-order valence-electron chi connectivity index (χ2n) is 3.47. The largest absolute Gasteiger partial charge is 0.397 e. The summed E-state index contributed by atoms with van der Waals surface area (Å²) in [6.45, 7) is 2.14. The van der Waals surface area contributed by atoms with E-state index in [-0.39, 0.29) is 0 Å². The van der Waals surface area contributed by atoms with Crippen LogP contribution < -0.4 is 11.1 Å². The Hall–Kier alpha value is -1.48. The van der Waals surface area contributed by atoms with Crippen LogP contribution in [0.2, 0.25) is 0 Å². The molecule has 1 aromatic heterocycles. The van der Waals surface area contributed by atoms with Gasteiger partial charge in [-0.05, 0) is 30.5 Å². The van der Waals surface area contributed by atoms with Gasteiger partial charge in [0.1, 0.15) is 0 Å². The summed E-state index contributed by atoms with van der Waals surface area (Å²) in [5, 5.41) is 5.48. The molecule has 0 aliphatic carbocycles. The molecule has 2 nitrogen and oxygen atoms in total. The fraction of sp³-hybridized carbons (Fsp3) is 0.167. The quantitative estimate of drug-likeness (QED) is 0.774. The third-order valence-corrected chi connectivity index (χ3v) is 3.36. The van der Waals surface area contributed by atoms with Crippen molar-refractivity contribution in [3.05, 3.63) is 46.7 Å². The number of para-hydroxylation sites is 2. The lowest BCUT2D eigenvalue weighted by molar-refractivity contribution is 0.909. The van der Waals surface area contributed by atoms with E-state index in [0.717, 1.165) is 11.4 Å². The highest BCUT2D eigenvalue weighted by Crippen LogP contribution is 2.25. The van der Waals surface area contributed by atoms with Crippen LogP contribution in [0.5, 0.6) is 0 Å². The summed E-state index contributed by atoms with van der Waals surface area (Å²) in [4.78, 5) is 1.32. The summed E-state index contributed by atoms with van der Waals surface area (Å²) in [5.41, 5.74) is 7.65. The molecule has 1 atom stereocenters. The van der Waals surface area contributed by atoms with Crippen LogP contribution >= 0.6 is 11.3 Å². The maximum Gasteiger partial charge on any atom is 0.0579 e. The Morgan fingerprint density at radius 3 is 2.67 bits per heavy atom. The zero-order valence-electron chi connectivity index (χ0n) is 8.60. The molecule has 0 aliphatic rings. The fourth-order valence-electron chi connectivity index (χ4n) is 1.47. The van der Waals surface area contributed by atoms with E-state index in [1.165, 1.54) is 4.88 Å². The van der Waals surface area contributed by atoms with Gasteiger partial charge in [0.05, 0.1) is 17.4 Å². The molecule has 3 N–H and O–H groups in total. The van der Waals surface area contributed by atoms with Crippen LogP contribution in [0.3, 0.4) is 0 Å². The average molecular weight is 218 g/mol. The average Bonchev–Trinajstić information content (AvgIpc) is 2.74. The van der Waals surface area contributed by atoms with Crippen LogP contribution in [0.15, 0.2) is 41.8 Å². The first-order valence-corrected chi connectivity index (χ1v) is 5.80. The van der Waals surface area contributed by atoms with E-state index in [2.05, 4.69) is 29.8 Å².